The first-order valence-electron chi connectivity index (χ1n) is 6.48. The SMILES string of the molecule is O[C@@H]1CCCC[C@H]1n1nnnc1-c1ccccc1F. The van der Waals surface area contributed by atoms with Crippen molar-refractivity contribution in [1.29, 1.82) is 0 Å². The number of nitrogens with zero attached hydrogens (tertiary/aromatic N) is 4. The van der Waals surface area contributed by atoms with Gasteiger partial charge < -0.3 is 5.11 Å². The van der Waals surface area contributed by atoms with Gasteiger partial charge in [-0.25, -0.2) is 9.07 Å². The van der Waals surface area contributed by atoms with Gasteiger partial charge in [-0.05, 0) is 35.4 Å². The molecule has 0 unspecified atom stereocenters. The number of benzene rings is 1. The minimum absolute atomic E-state index is 0.168. The van der Waals surface area contributed by atoms with E-state index in [-0.39, 0.29) is 11.9 Å². The largest absolute Gasteiger partial charge is 0.391 e. The fourth-order valence-electron chi connectivity index (χ4n) is 2.61. The highest BCUT2D eigenvalue weighted by molar-refractivity contribution is 5.55. The van der Waals surface area contributed by atoms with E-state index in [1.54, 1.807) is 22.9 Å². The van der Waals surface area contributed by atoms with Crippen molar-refractivity contribution in [2.24, 2.45) is 0 Å². The summed E-state index contributed by atoms with van der Waals surface area (Å²) in [5, 5.41) is 21.6. The molecule has 0 bridgehead atoms. The summed E-state index contributed by atoms with van der Waals surface area (Å²) < 4.78 is 15.4. The predicted octanol–water partition coefficient (Wildman–Crippen LogP) is 1.96. The van der Waals surface area contributed by atoms with Crippen molar-refractivity contribution in [2.45, 2.75) is 37.8 Å². The van der Waals surface area contributed by atoms with Gasteiger partial charge in [0.15, 0.2) is 5.82 Å². The van der Waals surface area contributed by atoms with E-state index in [2.05, 4.69) is 15.5 Å². The second-order valence-electron chi connectivity index (χ2n) is 4.85. The Balaban J connectivity index is 2.01. The third kappa shape index (κ3) is 2.23. The standard InChI is InChI=1S/C13H15FN4O/c14-10-6-2-1-5-9(10)13-15-16-17-18(13)11-7-3-4-8-12(11)19/h1-2,5-6,11-12,19H,3-4,7-8H2/t11-,12-/m1/s1. The lowest BCUT2D eigenvalue weighted by molar-refractivity contribution is 0.0692. The topological polar surface area (TPSA) is 63.8 Å². The normalized spacial score (nSPS) is 23.5. The number of aliphatic hydroxyl groups excluding tert-OH is 1. The molecule has 0 radical (unpaired) electrons. The van der Waals surface area contributed by atoms with Crippen LogP contribution in [0.3, 0.4) is 0 Å². The van der Waals surface area contributed by atoms with Crippen molar-refractivity contribution in [1.82, 2.24) is 20.2 Å². The zero-order valence-corrected chi connectivity index (χ0v) is 10.4. The molecule has 0 amide bonds. The number of aliphatic hydroxyl groups is 1. The van der Waals surface area contributed by atoms with Gasteiger partial charge in [-0.1, -0.05) is 25.0 Å². The molecule has 1 fully saturated rings. The highest BCUT2D eigenvalue weighted by Crippen LogP contribution is 2.31. The van der Waals surface area contributed by atoms with Crippen LogP contribution in [-0.4, -0.2) is 31.4 Å². The highest BCUT2D eigenvalue weighted by atomic mass is 19.1. The van der Waals surface area contributed by atoms with Gasteiger partial charge in [0, 0.05) is 0 Å². The molecule has 0 saturated heterocycles. The third-order valence-corrected chi connectivity index (χ3v) is 3.62. The molecular formula is C13H15FN4O. The van der Waals surface area contributed by atoms with E-state index in [1.807, 2.05) is 0 Å². The first kappa shape index (κ1) is 12.2. The van der Waals surface area contributed by atoms with Gasteiger partial charge >= 0.3 is 0 Å². The molecule has 3 rings (SSSR count). The maximum atomic E-state index is 13.8. The van der Waals surface area contributed by atoms with E-state index >= 15 is 0 Å². The molecule has 2 aromatic rings. The Morgan fingerprint density at radius 1 is 1.21 bits per heavy atom. The van der Waals surface area contributed by atoms with Crippen LogP contribution in [0.5, 0.6) is 0 Å². The molecule has 1 aromatic heterocycles. The summed E-state index contributed by atoms with van der Waals surface area (Å²) in [6, 6.07) is 6.23. The quantitative estimate of drug-likeness (QED) is 0.898. The van der Waals surface area contributed by atoms with Gasteiger partial charge in [-0.15, -0.1) is 5.10 Å². The first-order valence-corrected chi connectivity index (χ1v) is 6.48. The second-order valence-corrected chi connectivity index (χ2v) is 4.85. The Bertz CT molecular complexity index is 571. The monoisotopic (exact) mass is 262 g/mol. The van der Waals surface area contributed by atoms with E-state index in [9.17, 15) is 9.50 Å². The highest BCUT2D eigenvalue weighted by Gasteiger charge is 2.28. The Morgan fingerprint density at radius 3 is 2.79 bits per heavy atom. The molecule has 1 saturated carbocycles. The fraction of sp³-hybridized carbons (Fsp3) is 0.462. The zero-order chi connectivity index (χ0) is 13.2. The molecule has 1 aromatic carbocycles. The number of halogens is 1. The third-order valence-electron chi connectivity index (χ3n) is 3.62. The van der Waals surface area contributed by atoms with Crippen molar-refractivity contribution in [3.63, 3.8) is 0 Å². The van der Waals surface area contributed by atoms with Crippen LogP contribution in [0.4, 0.5) is 4.39 Å². The van der Waals surface area contributed by atoms with Crippen LogP contribution in [0, 0.1) is 5.82 Å². The van der Waals surface area contributed by atoms with Gasteiger partial charge in [0.25, 0.3) is 0 Å². The van der Waals surface area contributed by atoms with Crippen LogP contribution < -0.4 is 0 Å². The van der Waals surface area contributed by atoms with Gasteiger partial charge in [0.05, 0.1) is 17.7 Å². The molecule has 2 atom stereocenters. The van der Waals surface area contributed by atoms with Crippen molar-refractivity contribution in [3.05, 3.63) is 30.1 Å². The Kier molecular flexibility index (Phi) is 3.25. The molecule has 1 aliphatic carbocycles. The molecule has 0 spiro atoms. The summed E-state index contributed by atoms with van der Waals surface area (Å²) >= 11 is 0. The van der Waals surface area contributed by atoms with Crippen LogP contribution in [0.25, 0.3) is 11.4 Å². The number of rotatable bonds is 2. The number of hydrogen-bond donors (Lipinski definition) is 1. The molecule has 1 aliphatic rings. The van der Waals surface area contributed by atoms with Gasteiger partial charge in [-0.3, -0.25) is 0 Å². The average molecular weight is 262 g/mol. The molecule has 100 valence electrons. The number of aromatic nitrogens is 4. The van der Waals surface area contributed by atoms with E-state index in [0.717, 1.165) is 25.7 Å². The van der Waals surface area contributed by atoms with Crippen LogP contribution in [-0.2, 0) is 0 Å². The summed E-state index contributed by atoms with van der Waals surface area (Å²) in [6.07, 6.45) is 3.12. The minimum Gasteiger partial charge on any atom is -0.391 e. The maximum absolute atomic E-state index is 13.8. The molecule has 1 heterocycles. The summed E-state index contributed by atoms with van der Waals surface area (Å²) in [5.41, 5.74) is 0.366. The van der Waals surface area contributed by atoms with Gasteiger partial charge in [-0.2, -0.15) is 0 Å². The van der Waals surface area contributed by atoms with Crippen LogP contribution in [0.15, 0.2) is 24.3 Å². The number of hydrogen-bond acceptors (Lipinski definition) is 4. The van der Waals surface area contributed by atoms with Crippen LogP contribution in [0.2, 0.25) is 0 Å². The molecule has 5 nitrogen and oxygen atoms in total. The maximum Gasteiger partial charge on any atom is 0.185 e. The molecule has 0 aliphatic heterocycles. The van der Waals surface area contributed by atoms with Crippen molar-refractivity contribution in [2.75, 3.05) is 0 Å². The first-order chi connectivity index (χ1) is 9.27. The average Bonchev–Trinajstić information content (AvgIpc) is 2.89. The summed E-state index contributed by atoms with van der Waals surface area (Å²) in [7, 11) is 0. The molecule has 6 heteroatoms. The van der Waals surface area contributed by atoms with E-state index in [0.29, 0.717) is 11.4 Å². The summed E-state index contributed by atoms with van der Waals surface area (Å²) in [4.78, 5) is 0. The summed E-state index contributed by atoms with van der Waals surface area (Å²) in [5.74, 6) is 0.0212. The van der Waals surface area contributed by atoms with Gasteiger partial charge in [0.1, 0.15) is 5.82 Å². The Labute approximate surface area is 110 Å². The minimum atomic E-state index is -0.470. The van der Waals surface area contributed by atoms with E-state index < -0.39 is 6.10 Å². The van der Waals surface area contributed by atoms with Crippen molar-refractivity contribution in [3.8, 4) is 11.4 Å². The Hall–Kier alpha value is -1.82. The predicted molar refractivity (Wildman–Crippen MR) is 66.7 cm³/mol. The number of tetrazole rings is 1. The van der Waals surface area contributed by atoms with E-state index in [1.165, 1.54) is 6.07 Å². The summed E-state index contributed by atoms with van der Waals surface area (Å²) in [6.45, 7) is 0. The Morgan fingerprint density at radius 2 is 2.00 bits per heavy atom. The second kappa shape index (κ2) is 5.05. The lowest BCUT2D eigenvalue weighted by atomic mass is 9.92. The zero-order valence-electron chi connectivity index (χ0n) is 10.4. The molecule has 19 heavy (non-hydrogen) atoms. The van der Waals surface area contributed by atoms with Crippen molar-refractivity contribution < 1.29 is 9.50 Å². The smallest absolute Gasteiger partial charge is 0.185 e. The lowest BCUT2D eigenvalue weighted by Crippen LogP contribution is -2.29. The molecule has 1 N–H and O–H groups in total. The van der Waals surface area contributed by atoms with Crippen molar-refractivity contribution >= 4 is 0 Å². The molecular weight excluding hydrogens is 247 g/mol. The lowest BCUT2D eigenvalue weighted by Gasteiger charge is -2.27. The van der Waals surface area contributed by atoms with E-state index in [4.69, 9.17) is 0 Å². The fourth-order valence-corrected chi connectivity index (χ4v) is 2.61. The van der Waals surface area contributed by atoms with Crippen LogP contribution >= 0.6 is 0 Å². The van der Waals surface area contributed by atoms with Gasteiger partial charge in [0.2, 0.25) is 0 Å². The van der Waals surface area contributed by atoms with Crippen LogP contribution in [0.1, 0.15) is 31.7 Å².